The zero-order valence-electron chi connectivity index (χ0n) is 14.4. The maximum atomic E-state index is 13.0. The van der Waals surface area contributed by atoms with Crippen molar-refractivity contribution < 1.29 is 9.53 Å². The van der Waals surface area contributed by atoms with Gasteiger partial charge >= 0.3 is 0 Å². The minimum absolute atomic E-state index is 0.0228. The van der Waals surface area contributed by atoms with E-state index in [0.29, 0.717) is 5.75 Å². The van der Waals surface area contributed by atoms with Gasteiger partial charge in [0.05, 0.1) is 16.3 Å². The summed E-state index contributed by atoms with van der Waals surface area (Å²) in [4.78, 5) is 19.7. The number of amides is 1. The van der Waals surface area contributed by atoms with Crippen molar-refractivity contribution in [3.8, 4) is 5.75 Å². The second kappa shape index (κ2) is 7.37. The highest BCUT2D eigenvalue weighted by Gasteiger charge is 2.35. The predicted molar refractivity (Wildman–Crippen MR) is 108 cm³/mol. The Morgan fingerprint density at radius 1 is 1.27 bits per heavy atom. The first-order chi connectivity index (χ1) is 12.6. The molecule has 0 spiro atoms. The van der Waals surface area contributed by atoms with Crippen molar-refractivity contribution in [3.05, 3.63) is 58.0 Å². The summed E-state index contributed by atoms with van der Waals surface area (Å²) in [5, 5.41) is 1.02. The van der Waals surface area contributed by atoms with Gasteiger partial charge in [-0.3, -0.25) is 4.79 Å². The number of fused-ring (bicyclic) bond motifs is 1. The van der Waals surface area contributed by atoms with E-state index < -0.39 is 6.10 Å². The maximum absolute atomic E-state index is 13.0. The molecule has 1 fully saturated rings. The van der Waals surface area contributed by atoms with Gasteiger partial charge in [-0.05, 0) is 56.2 Å². The second-order valence-electron chi connectivity index (χ2n) is 6.42. The molecule has 2 atom stereocenters. The zero-order valence-corrected chi connectivity index (χ0v) is 16.8. The standard InChI is InChI=1S/C20H19BrN2O2S/c1-13(25-15-10-8-14(21)9-11-15)20(24)23-12-4-6-17(23)19-22-16-5-2-3-7-18(16)26-19/h2-3,5,7-11,13,17H,4,6,12H2,1H3. The number of hydrogen-bond donors (Lipinski definition) is 0. The lowest BCUT2D eigenvalue weighted by atomic mass is 10.2. The van der Waals surface area contributed by atoms with Crippen LogP contribution < -0.4 is 4.74 Å². The Hall–Kier alpha value is -1.92. The van der Waals surface area contributed by atoms with Gasteiger partial charge in [-0.25, -0.2) is 4.98 Å². The molecule has 0 N–H and O–H groups in total. The SMILES string of the molecule is CC(Oc1ccc(Br)cc1)C(=O)N1CCCC1c1nc2ccccc2s1. The van der Waals surface area contributed by atoms with Crippen molar-refractivity contribution in [2.45, 2.75) is 31.9 Å². The summed E-state index contributed by atoms with van der Waals surface area (Å²) in [5.41, 5.74) is 1.01. The number of thiazole rings is 1. The van der Waals surface area contributed by atoms with E-state index in [9.17, 15) is 4.79 Å². The summed E-state index contributed by atoms with van der Waals surface area (Å²) < 4.78 is 8.01. The predicted octanol–water partition coefficient (Wildman–Crippen LogP) is 5.19. The molecule has 0 radical (unpaired) electrons. The van der Waals surface area contributed by atoms with Crippen molar-refractivity contribution in [1.82, 2.24) is 9.88 Å². The van der Waals surface area contributed by atoms with Gasteiger partial charge in [0.25, 0.3) is 5.91 Å². The molecule has 0 aliphatic carbocycles. The molecule has 3 aromatic rings. The zero-order chi connectivity index (χ0) is 18.1. The molecule has 0 saturated carbocycles. The lowest BCUT2D eigenvalue weighted by molar-refractivity contribution is -0.138. The summed E-state index contributed by atoms with van der Waals surface area (Å²) in [6.45, 7) is 2.57. The van der Waals surface area contributed by atoms with Crippen LogP contribution in [0.25, 0.3) is 10.2 Å². The van der Waals surface area contributed by atoms with Crippen LogP contribution in [-0.2, 0) is 4.79 Å². The smallest absolute Gasteiger partial charge is 0.263 e. The van der Waals surface area contributed by atoms with Crippen LogP contribution in [0.2, 0.25) is 0 Å². The number of benzene rings is 2. The Labute approximate surface area is 164 Å². The highest BCUT2D eigenvalue weighted by Crippen LogP contribution is 2.37. The van der Waals surface area contributed by atoms with E-state index in [1.54, 1.807) is 11.3 Å². The van der Waals surface area contributed by atoms with E-state index in [1.165, 1.54) is 4.70 Å². The minimum atomic E-state index is -0.522. The van der Waals surface area contributed by atoms with Crippen molar-refractivity contribution in [2.24, 2.45) is 0 Å². The number of carbonyl (C=O) groups excluding carboxylic acids is 1. The summed E-state index contributed by atoms with van der Waals surface area (Å²) in [6.07, 6.45) is 1.43. The number of nitrogens with zero attached hydrogens (tertiary/aromatic N) is 2. The van der Waals surface area contributed by atoms with Crippen LogP contribution in [0.15, 0.2) is 53.0 Å². The molecular formula is C20H19BrN2O2S. The number of para-hydroxylation sites is 1. The first-order valence-electron chi connectivity index (χ1n) is 8.70. The lowest BCUT2D eigenvalue weighted by Crippen LogP contribution is -2.40. The van der Waals surface area contributed by atoms with E-state index in [0.717, 1.165) is 34.4 Å². The van der Waals surface area contributed by atoms with Gasteiger partial charge in [-0.15, -0.1) is 11.3 Å². The van der Waals surface area contributed by atoms with Crippen molar-refractivity contribution >= 4 is 43.4 Å². The van der Waals surface area contributed by atoms with Crippen LogP contribution in [0.1, 0.15) is 30.8 Å². The molecule has 1 aromatic heterocycles. The molecule has 4 rings (SSSR count). The highest BCUT2D eigenvalue weighted by atomic mass is 79.9. The number of hydrogen-bond acceptors (Lipinski definition) is 4. The first kappa shape index (κ1) is 17.5. The van der Waals surface area contributed by atoms with Crippen LogP contribution in [0.4, 0.5) is 0 Å². The number of likely N-dealkylation sites (tertiary alicyclic amines) is 1. The molecule has 6 heteroatoms. The van der Waals surface area contributed by atoms with Gasteiger partial charge in [0, 0.05) is 11.0 Å². The van der Waals surface area contributed by atoms with Gasteiger partial charge in [-0.2, -0.15) is 0 Å². The molecule has 134 valence electrons. The van der Waals surface area contributed by atoms with Crippen LogP contribution in [-0.4, -0.2) is 28.4 Å². The second-order valence-corrected chi connectivity index (χ2v) is 8.40. The molecule has 4 nitrogen and oxygen atoms in total. The molecule has 1 amide bonds. The molecule has 2 heterocycles. The third-order valence-electron chi connectivity index (χ3n) is 4.61. The normalized spacial score (nSPS) is 18.2. The van der Waals surface area contributed by atoms with E-state index in [4.69, 9.17) is 9.72 Å². The molecule has 26 heavy (non-hydrogen) atoms. The van der Waals surface area contributed by atoms with Crippen LogP contribution in [0.3, 0.4) is 0 Å². The lowest BCUT2D eigenvalue weighted by Gasteiger charge is -2.26. The topological polar surface area (TPSA) is 42.4 Å². The van der Waals surface area contributed by atoms with Crippen molar-refractivity contribution in [3.63, 3.8) is 0 Å². The fraction of sp³-hybridized carbons (Fsp3) is 0.300. The molecule has 1 aliphatic heterocycles. The van der Waals surface area contributed by atoms with Gasteiger partial charge in [0.2, 0.25) is 0 Å². The summed E-state index contributed by atoms with van der Waals surface area (Å²) in [5.74, 6) is 0.722. The van der Waals surface area contributed by atoms with Gasteiger partial charge in [-0.1, -0.05) is 28.1 Å². The summed E-state index contributed by atoms with van der Waals surface area (Å²) in [7, 11) is 0. The number of ether oxygens (including phenoxy) is 1. The van der Waals surface area contributed by atoms with Crippen LogP contribution in [0.5, 0.6) is 5.75 Å². The van der Waals surface area contributed by atoms with Crippen LogP contribution >= 0.6 is 27.3 Å². The number of halogens is 1. The first-order valence-corrected chi connectivity index (χ1v) is 10.3. The molecule has 2 unspecified atom stereocenters. The Kier molecular flexibility index (Phi) is 4.96. The van der Waals surface area contributed by atoms with Crippen LogP contribution in [0, 0.1) is 0 Å². The number of carbonyl (C=O) groups is 1. The fourth-order valence-electron chi connectivity index (χ4n) is 3.32. The van der Waals surface area contributed by atoms with E-state index >= 15 is 0 Å². The summed E-state index contributed by atoms with van der Waals surface area (Å²) in [6, 6.07) is 15.7. The average Bonchev–Trinajstić information content (AvgIpc) is 3.29. The highest BCUT2D eigenvalue weighted by molar-refractivity contribution is 9.10. The van der Waals surface area contributed by atoms with Gasteiger partial charge in [0.1, 0.15) is 10.8 Å². The van der Waals surface area contributed by atoms with Crippen molar-refractivity contribution in [1.29, 1.82) is 0 Å². The van der Waals surface area contributed by atoms with E-state index in [2.05, 4.69) is 22.0 Å². The molecule has 1 saturated heterocycles. The minimum Gasteiger partial charge on any atom is -0.481 e. The number of rotatable bonds is 4. The van der Waals surface area contributed by atoms with Gasteiger partial charge in [0.15, 0.2) is 6.10 Å². The Balaban J connectivity index is 1.51. The molecule has 1 aliphatic rings. The van der Waals surface area contributed by atoms with E-state index in [-0.39, 0.29) is 11.9 Å². The third-order valence-corrected chi connectivity index (χ3v) is 6.27. The molecule has 2 aromatic carbocycles. The largest absolute Gasteiger partial charge is 0.481 e. The average molecular weight is 431 g/mol. The third kappa shape index (κ3) is 3.48. The molecular weight excluding hydrogens is 412 g/mol. The fourth-order valence-corrected chi connectivity index (χ4v) is 4.70. The maximum Gasteiger partial charge on any atom is 0.263 e. The van der Waals surface area contributed by atoms with Crippen molar-refractivity contribution in [2.75, 3.05) is 6.54 Å². The Morgan fingerprint density at radius 3 is 2.81 bits per heavy atom. The summed E-state index contributed by atoms with van der Waals surface area (Å²) >= 11 is 5.09. The Morgan fingerprint density at radius 2 is 2.04 bits per heavy atom. The van der Waals surface area contributed by atoms with Gasteiger partial charge < -0.3 is 9.64 Å². The quantitative estimate of drug-likeness (QED) is 0.571. The molecule has 0 bridgehead atoms. The Bertz CT molecular complexity index is 892. The monoisotopic (exact) mass is 430 g/mol. The number of aromatic nitrogens is 1. The van der Waals surface area contributed by atoms with E-state index in [1.807, 2.05) is 54.3 Å².